The van der Waals surface area contributed by atoms with Crippen molar-refractivity contribution in [2.75, 3.05) is 0 Å². The Morgan fingerprint density at radius 2 is 1.95 bits per heavy atom. The summed E-state index contributed by atoms with van der Waals surface area (Å²) in [4.78, 5) is 4.35. The molecule has 21 heavy (non-hydrogen) atoms. The molecule has 114 valence electrons. The molecule has 1 aromatic carbocycles. The fourth-order valence-electron chi connectivity index (χ4n) is 2.79. The van der Waals surface area contributed by atoms with E-state index < -0.39 is 11.7 Å². The zero-order chi connectivity index (χ0) is 15.4. The summed E-state index contributed by atoms with van der Waals surface area (Å²) in [7, 11) is 0. The van der Waals surface area contributed by atoms with Crippen LogP contribution in [0.15, 0.2) is 18.2 Å². The van der Waals surface area contributed by atoms with Crippen LogP contribution in [-0.4, -0.2) is 9.55 Å². The molecule has 6 heteroatoms. The molecule has 1 fully saturated rings. The number of nitrogens with zero attached hydrogens (tertiary/aromatic N) is 2. The monoisotopic (exact) mass is 316 g/mol. The van der Waals surface area contributed by atoms with E-state index >= 15 is 0 Å². The first-order valence-electron chi connectivity index (χ1n) is 7.02. The van der Waals surface area contributed by atoms with Gasteiger partial charge in [-0.2, -0.15) is 13.2 Å². The number of benzene rings is 1. The summed E-state index contributed by atoms with van der Waals surface area (Å²) in [5.41, 5.74) is 0.414. The van der Waals surface area contributed by atoms with E-state index in [1.54, 1.807) is 6.92 Å². The van der Waals surface area contributed by atoms with Crippen molar-refractivity contribution in [1.29, 1.82) is 0 Å². The molecule has 0 radical (unpaired) electrons. The Hall–Kier alpha value is -1.23. The highest BCUT2D eigenvalue weighted by Gasteiger charge is 2.34. The Kier molecular flexibility index (Phi) is 3.43. The van der Waals surface area contributed by atoms with E-state index in [4.69, 9.17) is 11.6 Å². The lowest BCUT2D eigenvalue weighted by Gasteiger charge is -2.18. The summed E-state index contributed by atoms with van der Waals surface area (Å²) < 4.78 is 40.5. The van der Waals surface area contributed by atoms with Crippen molar-refractivity contribution in [3.8, 4) is 0 Å². The minimum atomic E-state index is -4.35. The molecule has 0 bridgehead atoms. The van der Waals surface area contributed by atoms with Crippen LogP contribution in [0, 0.1) is 5.92 Å². The molecule has 0 N–H and O–H groups in total. The van der Waals surface area contributed by atoms with Gasteiger partial charge in [0, 0.05) is 6.04 Å². The largest absolute Gasteiger partial charge is 0.416 e. The van der Waals surface area contributed by atoms with E-state index in [-0.39, 0.29) is 11.4 Å². The third kappa shape index (κ3) is 2.63. The van der Waals surface area contributed by atoms with Gasteiger partial charge in [0.25, 0.3) is 0 Å². The second-order valence-corrected chi connectivity index (χ2v) is 6.39. The van der Waals surface area contributed by atoms with Gasteiger partial charge in [0.15, 0.2) is 0 Å². The number of hydrogen-bond donors (Lipinski definition) is 0. The van der Waals surface area contributed by atoms with Crippen LogP contribution in [0.3, 0.4) is 0 Å². The minimum absolute atomic E-state index is 0.211. The molecule has 1 saturated carbocycles. The third-order valence-electron chi connectivity index (χ3n) is 4.11. The molecular weight excluding hydrogens is 301 g/mol. The third-order valence-corrected chi connectivity index (χ3v) is 4.31. The number of aromatic nitrogens is 2. The molecule has 1 aromatic heterocycles. The molecule has 0 aliphatic heterocycles. The first-order valence-corrected chi connectivity index (χ1v) is 7.46. The van der Waals surface area contributed by atoms with E-state index in [0.29, 0.717) is 17.3 Å². The first-order chi connectivity index (χ1) is 9.79. The maximum Gasteiger partial charge on any atom is 0.416 e. The van der Waals surface area contributed by atoms with Crippen molar-refractivity contribution in [3.05, 3.63) is 29.6 Å². The first kappa shape index (κ1) is 14.7. The van der Waals surface area contributed by atoms with Gasteiger partial charge < -0.3 is 4.57 Å². The Balaban J connectivity index is 2.17. The molecule has 1 aliphatic rings. The fraction of sp³-hybridized carbons (Fsp3) is 0.533. The normalized spacial score (nSPS) is 19.0. The van der Waals surface area contributed by atoms with E-state index in [0.717, 1.165) is 30.5 Å². The molecule has 2 unspecified atom stereocenters. The Bertz CT molecular complexity index is 671. The molecule has 1 aliphatic carbocycles. The van der Waals surface area contributed by atoms with Crippen LogP contribution in [0.1, 0.15) is 49.5 Å². The number of hydrogen-bond acceptors (Lipinski definition) is 1. The smallest absolute Gasteiger partial charge is 0.324 e. The summed E-state index contributed by atoms with van der Waals surface area (Å²) >= 11 is 6.17. The average Bonchev–Trinajstić information content (AvgIpc) is 3.16. The second kappa shape index (κ2) is 4.90. The van der Waals surface area contributed by atoms with Gasteiger partial charge in [-0.25, -0.2) is 4.98 Å². The highest BCUT2D eigenvalue weighted by atomic mass is 35.5. The Morgan fingerprint density at radius 1 is 1.29 bits per heavy atom. The van der Waals surface area contributed by atoms with Crippen molar-refractivity contribution < 1.29 is 13.2 Å². The van der Waals surface area contributed by atoms with Crippen LogP contribution in [0.25, 0.3) is 11.0 Å². The quantitative estimate of drug-likeness (QED) is 0.700. The van der Waals surface area contributed by atoms with Crippen LogP contribution in [0.2, 0.25) is 0 Å². The van der Waals surface area contributed by atoms with E-state index in [1.165, 1.54) is 6.07 Å². The van der Waals surface area contributed by atoms with Crippen LogP contribution in [0.4, 0.5) is 13.2 Å². The van der Waals surface area contributed by atoms with Gasteiger partial charge in [-0.3, -0.25) is 0 Å². The van der Waals surface area contributed by atoms with Crippen molar-refractivity contribution in [3.63, 3.8) is 0 Å². The van der Waals surface area contributed by atoms with Gasteiger partial charge in [0.05, 0.1) is 22.0 Å². The topological polar surface area (TPSA) is 17.8 Å². The standard InChI is InChI=1S/C15H16ClF3N2/c1-8(16)14-20-12-7-11(15(17,18)19)5-6-13(12)21(14)9(2)10-3-4-10/h5-10H,3-4H2,1-2H3. The van der Waals surface area contributed by atoms with Crippen LogP contribution >= 0.6 is 11.6 Å². The van der Waals surface area contributed by atoms with Gasteiger partial charge >= 0.3 is 6.18 Å². The average molecular weight is 317 g/mol. The summed E-state index contributed by atoms with van der Waals surface area (Å²) in [5, 5.41) is -0.340. The lowest BCUT2D eigenvalue weighted by molar-refractivity contribution is -0.137. The predicted octanol–water partition coefficient (Wildman–Crippen LogP) is 5.33. The van der Waals surface area contributed by atoms with Gasteiger partial charge in [0.1, 0.15) is 5.82 Å². The zero-order valence-corrected chi connectivity index (χ0v) is 12.5. The van der Waals surface area contributed by atoms with Crippen LogP contribution in [-0.2, 0) is 6.18 Å². The second-order valence-electron chi connectivity index (χ2n) is 5.74. The molecular formula is C15H16ClF3N2. The molecule has 2 aromatic rings. The van der Waals surface area contributed by atoms with Gasteiger partial charge in [-0.1, -0.05) is 0 Å². The number of alkyl halides is 4. The van der Waals surface area contributed by atoms with Gasteiger partial charge in [-0.15, -0.1) is 11.6 Å². The highest BCUT2D eigenvalue weighted by Crippen LogP contribution is 2.43. The number of halogens is 4. The highest BCUT2D eigenvalue weighted by molar-refractivity contribution is 6.20. The molecule has 3 rings (SSSR count). The van der Waals surface area contributed by atoms with Crippen molar-refractivity contribution in [2.24, 2.45) is 5.92 Å². The summed E-state index contributed by atoms with van der Waals surface area (Å²) in [6, 6.07) is 3.94. The number of imidazole rings is 1. The van der Waals surface area contributed by atoms with Crippen LogP contribution < -0.4 is 0 Å². The van der Waals surface area contributed by atoms with E-state index in [9.17, 15) is 13.2 Å². The lowest BCUT2D eigenvalue weighted by atomic mass is 10.1. The van der Waals surface area contributed by atoms with Gasteiger partial charge in [-0.05, 0) is 50.8 Å². The number of fused-ring (bicyclic) bond motifs is 1. The molecule has 0 saturated heterocycles. The maximum atomic E-state index is 12.8. The molecule has 2 nitrogen and oxygen atoms in total. The van der Waals surface area contributed by atoms with Crippen molar-refractivity contribution in [2.45, 2.75) is 44.3 Å². The molecule has 0 amide bonds. The zero-order valence-electron chi connectivity index (χ0n) is 11.8. The van der Waals surface area contributed by atoms with E-state index in [1.807, 2.05) is 4.57 Å². The molecule has 2 atom stereocenters. The van der Waals surface area contributed by atoms with Crippen molar-refractivity contribution >= 4 is 22.6 Å². The predicted molar refractivity (Wildman–Crippen MR) is 76.4 cm³/mol. The lowest BCUT2D eigenvalue weighted by Crippen LogP contribution is -2.11. The summed E-state index contributed by atoms with van der Waals surface area (Å²) in [6.45, 7) is 3.88. The van der Waals surface area contributed by atoms with E-state index in [2.05, 4.69) is 11.9 Å². The molecule has 1 heterocycles. The molecule has 0 spiro atoms. The van der Waals surface area contributed by atoms with Crippen LogP contribution in [0.5, 0.6) is 0 Å². The van der Waals surface area contributed by atoms with Crippen molar-refractivity contribution in [1.82, 2.24) is 9.55 Å². The minimum Gasteiger partial charge on any atom is -0.324 e. The Morgan fingerprint density at radius 3 is 2.48 bits per heavy atom. The maximum absolute atomic E-state index is 12.8. The Labute approximate surface area is 125 Å². The fourth-order valence-corrected chi connectivity index (χ4v) is 2.95. The summed E-state index contributed by atoms with van der Waals surface area (Å²) in [5.74, 6) is 1.21. The number of rotatable bonds is 3. The SMILES string of the molecule is CC(Cl)c1nc2cc(C(F)(F)F)ccc2n1C(C)C1CC1. The summed E-state index contributed by atoms with van der Waals surface area (Å²) in [6.07, 6.45) is -2.05. The van der Waals surface area contributed by atoms with Gasteiger partial charge in [0.2, 0.25) is 0 Å².